The molecule has 1 saturated heterocycles. The summed E-state index contributed by atoms with van der Waals surface area (Å²) in [5.74, 6) is -2.34. The number of carbonyl (C=O) groups excluding carboxylic acids is 1. The molecule has 0 aromatic heterocycles. The van der Waals surface area contributed by atoms with Crippen molar-refractivity contribution < 1.29 is 27.8 Å². The molecule has 1 aliphatic heterocycles. The second kappa shape index (κ2) is 8.12. The van der Waals surface area contributed by atoms with Gasteiger partial charge in [0.15, 0.2) is 24.7 Å². The van der Waals surface area contributed by atoms with E-state index in [1.807, 2.05) is 7.28 Å². The molecule has 1 atom stereocenters. The number of hydrogen-bond donors (Lipinski definition) is 0. The molecule has 1 unspecified atom stereocenters. The molecule has 1 aliphatic rings. The third-order valence-electron chi connectivity index (χ3n) is 3.32. The molecule has 1 aromatic rings. The van der Waals surface area contributed by atoms with Crippen molar-refractivity contribution in [3.8, 4) is 5.75 Å². The lowest BCUT2D eigenvalue weighted by Gasteiger charge is -2.12. The highest BCUT2D eigenvalue weighted by atomic mass is 19.1. The maximum Gasteiger partial charge on any atom is 0.305 e. The maximum absolute atomic E-state index is 14.0. The number of carbonyl (C=O) groups is 1. The summed E-state index contributed by atoms with van der Waals surface area (Å²) in [5.41, 5.74) is 0.534. The molecule has 0 N–H and O–H groups in total. The van der Waals surface area contributed by atoms with Crippen molar-refractivity contribution in [3.63, 3.8) is 0 Å². The van der Waals surface area contributed by atoms with Gasteiger partial charge in [0.2, 0.25) is 0 Å². The average molecular weight is 311 g/mol. The zero-order chi connectivity index (χ0) is 15.9. The van der Waals surface area contributed by atoms with Crippen LogP contribution in [0.15, 0.2) is 12.1 Å². The van der Waals surface area contributed by atoms with Crippen LogP contribution in [0, 0.1) is 11.6 Å². The lowest BCUT2D eigenvalue weighted by atomic mass is 9.65. The van der Waals surface area contributed by atoms with Gasteiger partial charge in [-0.3, -0.25) is 4.79 Å². The van der Waals surface area contributed by atoms with Crippen molar-refractivity contribution in [3.05, 3.63) is 29.3 Å². The van der Waals surface area contributed by atoms with Crippen LogP contribution in [0.3, 0.4) is 0 Å². The van der Waals surface area contributed by atoms with Gasteiger partial charge in [-0.05, 0) is 36.9 Å². The zero-order valence-corrected chi connectivity index (χ0v) is 12.4. The van der Waals surface area contributed by atoms with Crippen molar-refractivity contribution >= 4 is 13.2 Å². The van der Waals surface area contributed by atoms with Crippen LogP contribution in [0.4, 0.5) is 8.78 Å². The number of esters is 1. The average Bonchev–Trinajstić information content (AvgIpc) is 3.00. The van der Waals surface area contributed by atoms with E-state index in [0.29, 0.717) is 31.7 Å². The smallest absolute Gasteiger partial charge is 0.305 e. The zero-order valence-electron chi connectivity index (χ0n) is 12.4. The number of benzene rings is 1. The predicted octanol–water partition coefficient (Wildman–Crippen LogP) is 2.42. The first kappa shape index (κ1) is 16.7. The third-order valence-corrected chi connectivity index (χ3v) is 3.32. The summed E-state index contributed by atoms with van der Waals surface area (Å²) in [6.45, 7) is 2.99. The number of rotatable bonds is 7. The standard InChI is InChI=1S/C15H18BF2O4/c1-2-21-14(19)4-3-5-22-15-12(17)6-10(7-13(15)18)11-8-20-9-16-11/h6-7,11H,2-5,8-9H2,1H3. The van der Waals surface area contributed by atoms with Gasteiger partial charge in [-0.1, -0.05) is 0 Å². The molecule has 1 aromatic carbocycles. The quantitative estimate of drug-likeness (QED) is 0.441. The molecular weight excluding hydrogens is 293 g/mol. The molecule has 1 heterocycles. The molecule has 22 heavy (non-hydrogen) atoms. The van der Waals surface area contributed by atoms with Gasteiger partial charge in [0, 0.05) is 19.5 Å². The second-order valence-electron chi connectivity index (χ2n) is 4.95. The Morgan fingerprint density at radius 1 is 1.41 bits per heavy atom. The minimum atomic E-state index is -0.744. The lowest BCUT2D eigenvalue weighted by molar-refractivity contribution is -0.143. The van der Waals surface area contributed by atoms with Crippen LogP contribution in [0.25, 0.3) is 0 Å². The monoisotopic (exact) mass is 311 g/mol. The minimum Gasteiger partial charge on any atom is -0.488 e. The van der Waals surface area contributed by atoms with E-state index in [4.69, 9.17) is 14.2 Å². The Labute approximate surface area is 129 Å². The van der Waals surface area contributed by atoms with Crippen molar-refractivity contribution in [1.82, 2.24) is 0 Å². The Bertz CT molecular complexity index is 495. The topological polar surface area (TPSA) is 44.8 Å². The molecule has 119 valence electrons. The van der Waals surface area contributed by atoms with E-state index in [-0.39, 0.29) is 24.8 Å². The van der Waals surface area contributed by atoms with Gasteiger partial charge in [0.1, 0.15) is 0 Å². The Balaban J connectivity index is 1.89. The van der Waals surface area contributed by atoms with Crippen LogP contribution >= 0.6 is 0 Å². The molecule has 4 nitrogen and oxygen atoms in total. The minimum absolute atomic E-state index is 0.0463. The predicted molar refractivity (Wildman–Crippen MR) is 77.0 cm³/mol. The van der Waals surface area contributed by atoms with Crippen LogP contribution < -0.4 is 4.74 Å². The third kappa shape index (κ3) is 4.43. The van der Waals surface area contributed by atoms with Gasteiger partial charge in [0.05, 0.1) is 13.2 Å². The van der Waals surface area contributed by atoms with E-state index < -0.39 is 17.4 Å². The highest BCUT2D eigenvalue weighted by molar-refractivity contribution is 6.38. The van der Waals surface area contributed by atoms with E-state index in [9.17, 15) is 13.6 Å². The Morgan fingerprint density at radius 2 is 2.14 bits per heavy atom. The summed E-state index contributed by atoms with van der Waals surface area (Å²) in [5, 5.41) is 0. The second-order valence-corrected chi connectivity index (χ2v) is 4.95. The highest BCUT2D eigenvalue weighted by Gasteiger charge is 2.22. The summed E-state index contributed by atoms with van der Waals surface area (Å²) < 4.78 is 43.0. The van der Waals surface area contributed by atoms with Crippen molar-refractivity contribution in [2.24, 2.45) is 0 Å². The van der Waals surface area contributed by atoms with Gasteiger partial charge in [-0.2, -0.15) is 0 Å². The van der Waals surface area contributed by atoms with Gasteiger partial charge in [-0.25, -0.2) is 8.78 Å². The van der Waals surface area contributed by atoms with Gasteiger partial charge >= 0.3 is 5.97 Å². The maximum atomic E-state index is 14.0. The Morgan fingerprint density at radius 3 is 2.73 bits per heavy atom. The molecule has 1 fully saturated rings. The van der Waals surface area contributed by atoms with Crippen molar-refractivity contribution in [2.45, 2.75) is 25.6 Å². The van der Waals surface area contributed by atoms with Crippen LogP contribution in [0.1, 0.15) is 31.1 Å². The molecule has 0 saturated carbocycles. The molecule has 0 amide bonds. The van der Waals surface area contributed by atoms with E-state index in [2.05, 4.69) is 0 Å². The fraction of sp³-hybridized carbons (Fsp3) is 0.533. The molecular formula is C15H18BF2O4. The normalized spacial score (nSPS) is 17.1. The van der Waals surface area contributed by atoms with E-state index in [1.54, 1.807) is 6.92 Å². The Kier molecular flexibility index (Phi) is 6.18. The summed E-state index contributed by atoms with van der Waals surface area (Å²) >= 11 is 0. The molecule has 0 aliphatic carbocycles. The summed E-state index contributed by atoms with van der Waals surface area (Å²) in [7, 11) is 1.87. The first-order valence-corrected chi connectivity index (χ1v) is 7.30. The lowest BCUT2D eigenvalue weighted by Crippen LogP contribution is -2.09. The number of ether oxygens (including phenoxy) is 3. The molecule has 0 bridgehead atoms. The van der Waals surface area contributed by atoms with Gasteiger partial charge in [-0.15, -0.1) is 0 Å². The molecule has 1 radical (unpaired) electrons. The summed E-state index contributed by atoms with van der Waals surface area (Å²) in [6.07, 6.45) is 0.493. The number of halogens is 2. The summed E-state index contributed by atoms with van der Waals surface area (Å²) in [6, 6.07) is 2.53. The molecule has 7 heteroatoms. The fourth-order valence-electron chi connectivity index (χ4n) is 2.23. The number of hydrogen-bond acceptors (Lipinski definition) is 4. The van der Waals surface area contributed by atoms with Crippen LogP contribution in [0.2, 0.25) is 0 Å². The van der Waals surface area contributed by atoms with Crippen LogP contribution in [-0.4, -0.2) is 39.6 Å². The highest BCUT2D eigenvalue weighted by Crippen LogP contribution is 2.28. The summed E-state index contributed by atoms with van der Waals surface area (Å²) in [4.78, 5) is 11.1. The Hall–Kier alpha value is -1.63. The molecule has 0 spiro atoms. The first-order valence-electron chi connectivity index (χ1n) is 7.30. The molecule has 2 rings (SSSR count). The van der Waals surface area contributed by atoms with Crippen molar-refractivity contribution in [1.29, 1.82) is 0 Å². The fourth-order valence-corrected chi connectivity index (χ4v) is 2.23. The van der Waals surface area contributed by atoms with Crippen molar-refractivity contribution in [2.75, 3.05) is 26.3 Å². The van der Waals surface area contributed by atoms with Crippen LogP contribution in [0.5, 0.6) is 5.75 Å². The van der Waals surface area contributed by atoms with Gasteiger partial charge in [0.25, 0.3) is 0 Å². The van der Waals surface area contributed by atoms with E-state index in [1.165, 1.54) is 12.1 Å². The van der Waals surface area contributed by atoms with E-state index in [0.717, 1.165) is 0 Å². The van der Waals surface area contributed by atoms with Crippen LogP contribution in [-0.2, 0) is 14.3 Å². The first-order chi connectivity index (χ1) is 10.6. The van der Waals surface area contributed by atoms with Gasteiger partial charge < -0.3 is 14.2 Å². The van der Waals surface area contributed by atoms with E-state index >= 15 is 0 Å². The SMILES string of the molecule is CCOC(=O)CCCOc1c(F)cc(C2[B]COC2)cc1F. The largest absolute Gasteiger partial charge is 0.488 e.